The standard InChI is InChI=1S/C16H26N2O/c1-5-17-14-8-9-15(13(4)11-14)16(19)18-10-6-7-12(2)3/h8-9,11-12,17H,5-7,10H2,1-4H3,(H,18,19). The van der Waals surface area contributed by atoms with Crippen molar-refractivity contribution in [2.24, 2.45) is 5.92 Å². The van der Waals surface area contributed by atoms with Gasteiger partial charge in [-0.15, -0.1) is 0 Å². The van der Waals surface area contributed by atoms with Crippen LogP contribution < -0.4 is 10.6 Å². The first-order valence-corrected chi connectivity index (χ1v) is 7.17. The lowest BCUT2D eigenvalue weighted by atomic mass is 10.1. The molecule has 2 N–H and O–H groups in total. The lowest BCUT2D eigenvalue weighted by molar-refractivity contribution is 0.0952. The molecule has 19 heavy (non-hydrogen) atoms. The second kappa shape index (κ2) is 7.82. The number of nitrogens with one attached hydrogen (secondary N) is 2. The van der Waals surface area contributed by atoms with E-state index < -0.39 is 0 Å². The van der Waals surface area contributed by atoms with E-state index in [0.717, 1.165) is 42.7 Å². The second-order valence-electron chi connectivity index (χ2n) is 5.35. The first-order chi connectivity index (χ1) is 9.04. The van der Waals surface area contributed by atoms with E-state index in [1.807, 2.05) is 25.1 Å². The van der Waals surface area contributed by atoms with E-state index in [0.29, 0.717) is 5.92 Å². The molecule has 0 fully saturated rings. The lowest BCUT2D eigenvalue weighted by Gasteiger charge is -2.10. The van der Waals surface area contributed by atoms with Crippen LogP contribution in [-0.2, 0) is 0 Å². The van der Waals surface area contributed by atoms with Gasteiger partial charge in [0.2, 0.25) is 0 Å². The summed E-state index contributed by atoms with van der Waals surface area (Å²) in [7, 11) is 0. The summed E-state index contributed by atoms with van der Waals surface area (Å²) < 4.78 is 0. The SMILES string of the molecule is CCNc1ccc(C(=O)NCCCC(C)C)c(C)c1. The van der Waals surface area contributed by atoms with Gasteiger partial charge < -0.3 is 10.6 Å². The molecule has 0 bridgehead atoms. The molecule has 0 heterocycles. The molecule has 1 amide bonds. The summed E-state index contributed by atoms with van der Waals surface area (Å²) in [6.45, 7) is 10.1. The number of carbonyl (C=O) groups excluding carboxylic acids is 1. The highest BCUT2D eigenvalue weighted by molar-refractivity contribution is 5.96. The molecule has 0 atom stereocenters. The molecule has 0 radical (unpaired) electrons. The molecular weight excluding hydrogens is 236 g/mol. The van der Waals surface area contributed by atoms with E-state index in [9.17, 15) is 4.79 Å². The van der Waals surface area contributed by atoms with Crippen molar-refractivity contribution in [3.63, 3.8) is 0 Å². The number of carbonyl (C=O) groups is 1. The fourth-order valence-electron chi connectivity index (χ4n) is 2.04. The van der Waals surface area contributed by atoms with Gasteiger partial charge in [0.25, 0.3) is 5.91 Å². The summed E-state index contributed by atoms with van der Waals surface area (Å²) in [5.74, 6) is 0.724. The van der Waals surface area contributed by atoms with Crippen LogP contribution in [0, 0.1) is 12.8 Å². The maximum atomic E-state index is 12.0. The Morgan fingerprint density at radius 3 is 2.63 bits per heavy atom. The van der Waals surface area contributed by atoms with Crippen LogP contribution in [0.3, 0.4) is 0 Å². The topological polar surface area (TPSA) is 41.1 Å². The zero-order chi connectivity index (χ0) is 14.3. The van der Waals surface area contributed by atoms with Crippen LogP contribution >= 0.6 is 0 Å². The highest BCUT2D eigenvalue weighted by atomic mass is 16.1. The van der Waals surface area contributed by atoms with E-state index in [-0.39, 0.29) is 5.91 Å². The number of aryl methyl sites for hydroxylation is 1. The van der Waals surface area contributed by atoms with Gasteiger partial charge >= 0.3 is 0 Å². The van der Waals surface area contributed by atoms with Crippen molar-refractivity contribution < 1.29 is 4.79 Å². The minimum atomic E-state index is 0.0318. The van der Waals surface area contributed by atoms with Gasteiger partial charge in [-0.2, -0.15) is 0 Å². The zero-order valence-electron chi connectivity index (χ0n) is 12.5. The zero-order valence-corrected chi connectivity index (χ0v) is 12.5. The van der Waals surface area contributed by atoms with Gasteiger partial charge in [0.1, 0.15) is 0 Å². The average Bonchev–Trinajstić information content (AvgIpc) is 2.34. The molecule has 0 unspecified atom stereocenters. The van der Waals surface area contributed by atoms with Crippen LogP contribution in [0.15, 0.2) is 18.2 Å². The summed E-state index contributed by atoms with van der Waals surface area (Å²) in [4.78, 5) is 12.0. The highest BCUT2D eigenvalue weighted by Crippen LogP contribution is 2.15. The molecule has 0 aliphatic heterocycles. The van der Waals surface area contributed by atoms with Gasteiger partial charge in [-0.1, -0.05) is 13.8 Å². The van der Waals surface area contributed by atoms with Crippen LogP contribution in [0.2, 0.25) is 0 Å². The number of hydrogen-bond acceptors (Lipinski definition) is 2. The number of rotatable bonds is 7. The normalized spacial score (nSPS) is 10.6. The molecule has 1 aromatic carbocycles. The second-order valence-corrected chi connectivity index (χ2v) is 5.35. The molecule has 1 rings (SSSR count). The third-order valence-electron chi connectivity index (χ3n) is 3.10. The van der Waals surface area contributed by atoms with Gasteiger partial charge in [0, 0.05) is 24.3 Å². The maximum Gasteiger partial charge on any atom is 0.251 e. The predicted octanol–water partition coefficient (Wildman–Crippen LogP) is 3.59. The van der Waals surface area contributed by atoms with E-state index in [1.165, 1.54) is 0 Å². The van der Waals surface area contributed by atoms with Crippen molar-refractivity contribution in [1.29, 1.82) is 0 Å². The molecule has 0 aliphatic rings. The Morgan fingerprint density at radius 1 is 1.32 bits per heavy atom. The average molecular weight is 262 g/mol. The van der Waals surface area contributed by atoms with Crippen LogP contribution in [0.4, 0.5) is 5.69 Å². The third kappa shape index (κ3) is 5.33. The first kappa shape index (κ1) is 15.5. The third-order valence-corrected chi connectivity index (χ3v) is 3.10. The Kier molecular flexibility index (Phi) is 6.40. The number of amides is 1. The van der Waals surface area contributed by atoms with Crippen LogP contribution in [0.1, 0.15) is 49.5 Å². The molecule has 0 saturated heterocycles. The maximum absolute atomic E-state index is 12.0. The van der Waals surface area contributed by atoms with E-state index >= 15 is 0 Å². The monoisotopic (exact) mass is 262 g/mol. The van der Waals surface area contributed by atoms with Gasteiger partial charge in [0.15, 0.2) is 0 Å². The van der Waals surface area contributed by atoms with E-state index in [2.05, 4.69) is 31.4 Å². The molecule has 3 heteroatoms. The Labute approximate surface area is 116 Å². The highest BCUT2D eigenvalue weighted by Gasteiger charge is 2.08. The Balaban J connectivity index is 2.52. The Hall–Kier alpha value is -1.51. The summed E-state index contributed by atoms with van der Waals surface area (Å²) in [5.41, 5.74) is 2.85. The first-order valence-electron chi connectivity index (χ1n) is 7.17. The van der Waals surface area contributed by atoms with Crippen molar-refractivity contribution >= 4 is 11.6 Å². The Morgan fingerprint density at radius 2 is 2.05 bits per heavy atom. The van der Waals surface area contributed by atoms with Crippen molar-refractivity contribution in [2.45, 2.75) is 40.5 Å². The van der Waals surface area contributed by atoms with Gasteiger partial charge in [-0.25, -0.2) is 0 Å². The van der Waals surface area contributed by atoms with E-state index in [1.54, 1.807) is 0 Å². The minimum absolute atomic E-state index is 0.0318. The quantitative estimate of drug-likeness (QED) is 0.737. The summed E-state index contributed by atoms with van der Waals surface area (Å²) >= 11 is 0. The predicted molar refractivity (Wildman–Crippen MR) is 81.7 cm³/mol. The largest absolute Gasteiger partial charge is 0.385 e. The van der Waals surface area contributed by atoms with Gasteiger partial charge in [-0.3, -0.25) is 4.79 Å². The van der Waals surface area contributed by atoms with E-state index in [4.69, 9.17) is 0 Å². The molecule has 0 aromatic heterocycles. The molecule has 1 aromatic rings. The van der Waals surface area contributed by atoms with Crippen LogP contribution in [0.25, 0.3) is 0 Å². The molecule has 0 saturated carbocycles. The summed E-state index contributed by atoms with van der Waals surface area (Å²) in [6, 6.07) is 5.87. The van der Waals surface area contributed by atoms with Gasteiger partial charge in [0.05, 0.1) is 0 Å². The molecule has 0 spiro atoms. The number of hydrogen-bond donors (Lipinski definition) is 2. The van der Waals surface area contributed by atoms with Crippen molar-refractivity contribution in [1.82, 2.24) is 5.32 Å². The smallest absolute Gasteiger partial charge is 0.251 e. The fourth-order valence-corrected chi connectivity index (χ4v) is 2.04. The number of benzene rings is 1. The minimum Gasteiger partial charge on any atom is -0.385 e. The summed E-state index contributed by atoms with van der Waals surface area (Å²) in [6.07, 6.45) is 2.19. The van der Waals surface area contributed by atoms with Crippen LogP contribution in [-0.4, -0.2) is 19.0 Å². The summed E-state index contributed by atoms with van der Waals surface area (Å²) in [5, 5.41) is 6.23. The molecule has 3 nitrogen and oxygen atoms in total. The fraction of sp³-hybridized carbons (Fsp3) is 0.562. The number of anilines is 1. The van der Waals surface area contributed by atoms with Crippen molar-refractivity contribution in [3.8, 4) is 0 Å². The lowest BCUT2D eigenvalue weighted by Crippen LogP contribution is -2.25. The van der Waals surface area contributed by atoms with Crippen LogP contribution in [0.5, 0.6) is 0 Å². The molecule has 0 aliphatic carbocycles. The molecular formula is C16H26N2O. The Bertz CT molecular complexity index is 413. The van der Waals surface area contributed by atoms with Gasteiger partial charge in [-0.05, 0) is 56.4 Å². The molecule has 106 valence electrons. The van der Waals surface area contributed by atoms with Crippen molar-refractivity contribution in [2.75, 3.05) is 18.4 Å². The van der Waals surface area contributed by atoms with Crippen molar-refractivity contribution in [3.05, 3.63) is 29.3 Å².